The Morgan fingerprint density at radius 3 is 2.00 bits per heavy atom. The van der Waals surface area contributed by atoms with Crippen LogP contribution >= 0.6 is 0 Å². The zero-order valence-electron chi connectivity index (χ0n) is 10.5. The zero-order valence-corrected chi connectivity index (χ0v) is 10.5. The number of aromatic nitrogens is 1. The fourth-order valence-corrected chi connectivity index (χ4v) is 1.74. The third kappa shape index (κ3) is 4.07. The molecule has 0 radical (unpaired) electrons. The minimum Gasteiger partial charge on any atom is -0.478 e. The van der Waals surface area contributed by atoms with Gasteiger partial charge < -0.3 is 5.11 Å². The lowest BCUT2D eigenvalue weighted by atomic mass is 10.1. The molecule has 0 aliphatic heterocycles. The minimum atomic E-state index is -0.889. The monoisotopic (exact) mass is 253 g/mol. The molecule has 0 unspecified atom stereocenters. The molecule has 0 spiro atoms. The summed E-state index contributed by atoms with van der Waals surface area (Å²) in [5.41, 5.74) is 2.66. The smallest absolute Gasteiger partial charge is 0.335 e. The summed E-state index contributed by atoms with van der Waals surface area (Å²) in [6, 6.07) is 10.9. The number of pyridine rings is 1. The van der Waals surface area contributed by atoms with E-state index in [4.69, 9.17) is 5.11 Å². The van der Waals surface area contributed by atoms with E-state index in [1.54, 1.807) is 24.5 Å². The number of allylic oxidation sites excluding steroid dienone is 2. The maximum atomic E-state index is 10.7. The van der Waals surface area contributed by atoms with Crippen LogP contribution in [0.5, 0.6) is 0 Å². The summed E-state index contributed by atoms with van der Waals surface area (Å²) in [5.74, 6) is -0.889. The van der Waals surface area contributed by atoms with E-state index in [0.717, 1.165) is 18.4 Å². The Balaban J connectivity index is 1.86. The number of hydrogen-bond donors (Lipinski definition) is 1. The number of rotatable bonds is 5. The van der Waals surface area contributed by atoms with Crippen molar-refractivity contribution >= 4 is 5.97 Å². The number of carboxylic acids is 1. The summed E-state index contributed by atoms with van der Waals surface area (Å²) in [6.07, 6.45) is 9.47. The lowest BCUT2D eigenvalue weighted by Crippen LogP contribution is -1.95. The Labute approximate surface area is 112 Å². The lowest BCUT2D eigenvalue weighted by molar-refractivity contribution is 0.0697. The molecule has 1 N–H and O–H groups in total. The number of carboxylic acid groups (broad SMARTS) is 1. The fraction of sp³-hybridized carbons (Fsp3) is 0.125. The molecule has 0 aliphatic rings. The highest BCUT2D eigenvalue weighted by molar-refractivity contribution is 5.87. The van der Waals surface area contributed by atoms with E-state index in [-0.39, 0.29) is 0 Å². The Hall–Kier alpha value is -2.42. The quantitative estimate of drug-likeness (QED) is 0.833. The first-order chi connectivity index (χ1) is 9.25. The number of carbonyl (C=O) groups is 1. The molecule has 2 aromatic rings. The second kappa shape index (κ2) is 6.50. The van der Waals surface area contributed by atoms with E-state index < -0.39 is 5.97 Å². The van der Waals surface area contributed by atoms with Crippen molar-refractivity contribution in [2.45, 2.75) is 12.8 Å². The van der Waals surface area contributed by atoms with Gasteiger partial charge in [-0.1, -0.05) is 24.3 Å². The first kappa shape index (κ1) is 13.0. The molecule has 0 atom stereocenters. The van der Waals surface area contributed by atoms with Crippen LogP contribution in [0.25, 0.3) is 0 Å². The minimum absolute atomic E-state index is 0.324. The van der Waals surface area contributed by atoms with E-state index >= 15 is 0 Å². The maximum absolute atomic E-state index is 10.7. The molecule has 96 valence electrons. The van der Waals surface area contributed by atoms with Crippen molar-refractivity contribution in [2.75, 3.05) is 0 Å². The average molecular weight is 253 g/mol. The first-order valence-electron chi connectivity index (χ1n) is 6.12. The molecular weight excluding hydrogens is 238 g/mol. The van der Waals surface area contributed by atoms with Gasteiger partial charge in [0.2, 0.25) is 0 Å². The second-order valence-electron chi connectivity index (χ2n) is 4.24. The Morgan fingerprint density at radius 2 is 1.47 bits per heavy atom. The van der Waals surface area contributed by atoms with Crippen LogP contribution in [0.1, 0.15) is 21.5 Å². The van der Waals surface area contributed by atoms with E-state index in [9.17, 15) is 4.79 Å². The molecule has 0 bridgehead atoms. The van der Waals surface area contributed by atoms with Crippen molar-refractivity contribution in [3.8, 4) is 0 Å². The van der Waals surface area contributed by atoms with Gasteiger partial charge in [0.05, 0.1) is 5.56 Å². The van der Waals surface area contributed by atoms with Crippen molar-refractivity contribution in [1.29, 1.82) is 0 Å². The van der Waals surface area contributed by atoms with Crippen molar-refractivity contribution in [3.05, 3.63) is 77.6 Å². The van der Waals surface area contributed by atoms with E-state index in [1.165, 1.54) is 5.56 Å². The summed E-state index contributed by atoms with van der Waals surface area (Å²) < 4.78 is 0. The average Bonchev–Trinajstić information content (AvgIpc) is 2.45. The van der Waals surface area contributed by atoms with E-state index in [2.05, 4.69) is 17.1 Å². The molecule has 3 heteroatoms. The summed E-state index contributed by atoms with van der Waals surface area (Å²) in [6.45, 7) is 0. The van der Waals surface area contributed by atoms with Crippen LogP contribution in [0, 0.1) is 0 Å². The largest absolute Gasteiger partial charge is 0.478 e. The molecule has 1 aromatic carbocycles. The van der Waals surface area contributed by atoms with E-state index in [0.29, 0.717) is 5.56 Å². The third-order valence-electron chi connectivity index (χ3n) is 2.82. The van der Waals surface area contributed by atoms with Crippen LogP contribution in [-0.4, -0.2) is 16.1 Å². The van der Waals surface area contributed by atoms with Crippen LogP contribution in [0.4, 0.5) is 0 Å². The van der Waals surface area contributed by atoms with Gasteiger partial charge >= 0.3 is 5.97 Å². The highest BCUT2D eigenvalue weighted by Gasteiger charge is 2.00. The Bertz CT molecular complexity index is 559. The van der Waals surface area contributed by atoms with Crippen molar-refractivity contribution in [2.24, 2.45) is 0 Å². The van der Waals surface area contributed by atoms with Crippen LogP contribution in [0.3, 0.4) is 0 Å². The normalized spacial score (nSPS) is 10.7. The van der Waals surface area contributed by atoms with Gasteiger partial charge in [0.15, 0.2) is 0 Å². The standard InChI is InChI=1S/C16H15NO2/c18-16(19)15-7-5-13(6-8-15)3-1-2-4-14-9-11-17-12-10-14/h1-2,5-12H,3-4H2,(H,18,19)/b2-1+. The van der Waals surface area contributed by atoms with Crippen molar-refractivity contribution in [1.82, 2.24) is 4.98 Å². The molecule has 0 aliphatic carbocycles. The van der Waals surface area contributed by atoms with Crippen LogP contribution in [0.2, 0.25) is 0 Å². The van der Waals surface area contributed by atoms with Crippen molar-refractivity contribution < 1.29 is 9.90 Å². The predicted octanol–water partition coefficient (Wildman–Crippen LogP) is 3.12. The molecule has 3 nitrogen and oxygen atoms in total. The predicted molar refractivity (Wildman–Crippen MR) is 74.2 cm³/mol. The number of nitrogens with zero attached hydrogens (tertiary/aromatic N) is 1. The maximum Gasteiger partial charge on any atom is 0.335 e. The summed E-state index contributed by atoms with van der Waals surface area (Å²) in [5, 5.41) is 8.80. The van der Waals surface area contributed by atoms with Gasteiger partial charge in [-0.15, -0.1) is 0 Å². The Kier molecular flexibility index (Phi) is 4.45. The highest BCUT2D eigenvalue weighted by Crippen LogP contribution is 2.06. The van der Waals surface area contributed by atoms with Gasteiger partial charge in [0.25, 0.3) is 0 Å². The first-order valence-corrected chi connectivity index (χ1v) is 6.12. The van der Waals surface area contributed by atoms with Gasteiger partial charge in [0, 0.05) is 12.4 Å². The van der Waals surface area contributed by atoms with Gasteiger partial charge in [-0.3, -0.25) is 4.98 Å². The second-order valence-corrected chi connectivity index (χ2v) is 4.24. The third-order valence-corrected chi connectivity index (χ3v) is 2.82. The lowest BCUT2D eigenvalue weighted by Gasteiger charge is -1.98. The van der Waals surface area contributed by atoms with Gasteiger partial charge in [-0.2, -0.15) is 0 Å². The van der Waals surface area contributed by atoms with Crippen LogP contribution in [-0.2, 0) is 12.8 Å². The number of hydrogen-bond acceptors (Lipinski definition) is 2. The van der Waals surface area contributed by atoms with Crippen molar-refractivity contribution in [3.63, 3.8) is 0 Å². The molecule has 2 rings (SSSR count). The topological polar surface area (TPSA) is 50.2 Å². The van der Waals surface area contributed by atoms with E-state index in [1.807, 2.05) is 24.3 Å². The summed E-state index contributed by atoms with van der Waals surface area (Å²) >= 11 is 0. The molecule has 0 amide bonds. The molecule has 0 saturated heterocycles. The van der Waals surface area contributed by atoms with Crippen LogP contribution in [0.15, 0.2) is 60.9 Å². The summed E-state index contributed by atoms with van der Waals surface area (Å²) in [7, 11) is 0. The zero-order chi connectivity index (χ0) is 13.5. The fourth-order valence-electron chi connectivity index (χ4n) is 1.74. The van der Waals surface area contributed by atoms with Gasteiger partial charge in [0.1, 0.15) is 0 Å². The molecule has 0 saturated carbocycles. The number of aromatic carboxylic acids is 1. The summed E-state index contributed by atoms with van der Waals surface area (Å²) in [4.78, 5) is 14.7. The van der Waals surface area contributed by atoms with Crippen LogP contribution < -0.4 is 0 Å². The molecule has 1 heterocycles. The molecular formula is C16H15NO2. The number of benzene rings is 1. The van der Waals surface area contributed by atoms with Gasteiger partial charge in [-0.05, 0) is 48.2 Å². The molecule has 0 fully saturated rings. The highest BCUT2D eigenvalue weighted by atomic mass is 16.4. The molecule has 1 aromatic heterocycles. The molecule has 19 heavy (non-hydrogen) atoms. The SMILES string of the molecule is O=C(O)c1ccc(C/C=C/Cc2ccncc2)cc1. The van der Waals surface area contributed by atoms with Gasteiger partial charge in [-0.25, -0.2) is 4.79 Å². The Morgan fingerprint density at radius 1 is 0.947 bits per heavy atom.